The molecule has 2 aliphatic heterocycles. The highest BCUT2D eigenvalue weighted by Gasteiger charge is 2.32. The predicted octanol–water partition coefficient (Wildman–Crippen LogP) is 3.62. The molecule has 2 fully saturated rings. The lowest BCUT2D eigenvalue weighted by Gasteiger charge is -2.33. The van der Waals surface area contributed by atoms with Gasteiger partial charge in [-0.3, -0.25) is 4.79 Å². The molecule has 3 heterocycles. The maximum atomic E-state index is 13.1. The van der Waals surface area contributed by atoms with Gasteiger partial charge in [-0.15, -0.1) is 0 Å². The van der Waals surface area contributed by atoms with Crippen molar-refractivity contribution in [2.24, 2.45) is 5.92 Å². The number of amides is 1. The van der Waals surface area contributed by atoms with Gasteiger partial charge in [0.1, 0.15) is 17.4 Å². The van der Waals surface area contributed by atoms with Gasteiger partial charge in [-0.2, -0.15) is 5.26 Å². The van der Waals surface area contributed by atoms with Gasteiger partial charge in [-0.25, -0.2) is 0 Å². The van der Waals surface area contributed by atoms with Gasteiger partial charge in [0.25, 0.3) is 5.91 Å². The number of nitriles is 1. The first-order chi connectivity index (χ1) is 15.5. The third kappa shape index (κ3) is 4.43. The van der Waals surface area contributed by atoms with Crippen molar-refractivity contribution < 1.29 is 19.0 Å². The van der Waals surface area contributed by atoms with Crippen molar-refractivity contribution in [3.8, 4) is 17.5 Å². The first kappa shape index (κ1) is 22.1. The minimum absolute atomic E-state index is 0.151. The quantitative estimate of drug-likeness (QED) is 0.530. The minimum atomic E-state index is -0.214. The summed E-state index contributed by atoms with van der Waals surface area (Å²) in [6.07, 6.45) is 3.20. The molecule has 0 N–H and O–H groups in total. The van der Waals surface area contributed by atoms with E-state index in [0.717, 1.165) is 41.2 Å². The van der Waals surface area contributed by atoms with Crippen LogP contribution >= 0.6 is 0 Å². The molecule has 0 unspecified atom stereocenters. The first-order valence-corrected chi connectivity index (χ1v) is 11.0. The molecule has 0 aliphatic carbocycles. The van der Waals surface area contributed by atoms with Crippen LogP contribution < -0.4 is 4.74 Å². The summed E-state index contributed by atoms with van der Waals surface area (Å²) in [5.41, 5.74) is 4.03. The Kier molecular flexibility index (Phi) is 6.63. The molecular formula is C25H29N3O4. The molecule has 0 bridgehead atoms. The fourth-order valence-corrected chi connectivity index (χ4v) is 4.55. The SMILES string of the molecule is COc1ccc(-n2c(C)cc(/C=C(/C#N)C(=O)N3CCC(C4OCCO4)CC3)c2C)cc1. The Labute approximate surface area is 188 Å². The number of rotatable bonds is 5. The van der Waals surface area contributed by atoms with Gasteiger partial charge in [-0.1, -0.05) is 0 Å². The molecule has 1 amide bonds. The Morgan fingerprint density at radius 3 is 2.41 bits per heavy atom. The zero-order chi connectivity index (χ0) is 22.7. The Morgan fingerprint density at radius 2 is 1.81 bits per heavy atom. The largest absolute Gasteiger partial charge is 0.497 e. The van der Waals surface area contributed by atoms with E-state index >= 15 is 0 Å². The summed E-state index contributed by atoms with van der Waals surface area (Å²) < 4.78 is 18.6. The van der Waals surface area contributed by atoms with Crippen LogP contribution in [-0.2, 0) is 14.3 Å². The molecule has 168 valence electrons. The van der Waals surface area contributed by atoms with Gasteiger partial charge in [0, 0.05) is 36.1 Å². The summed E-state index contributed by atoms with van der Waals surface area (Å²) in [6, 6.07) is 11.9. The second-order valence-electron chi connectivity index (χ2n) is 8.27. The Balaban J connectivity index is 1.50. The molecule has 0 radical (unpaired) electrons. The lowest BCUT2D eigenvalue weighted by Crippen LogP contribution is -2.41. The van der Waals surface area contributed by atoms with Crippen molar-refractivity contribution in [2.45, 2.75) is 33.0 Å². The average Bonchev–Trinajstić information content (AvgIpc) is 3.45. The zero-order valence-corrected chi connectivity index (χ0v) is 18.8. The summed E-state index contributed by atoms with van der Waals surface area (Å²) in [5.74, 6) is 0.886. The minimum Gasteiger partial charge on any atom is -0.497 e. The smallest absolute Gasteiger partial charge is 0.264 e. The third-order valence-corrected chi connectivity index (χ3v) is 6.31. The molecule has 32 heavy (non-hydrogen) atoms. The Bertz CT molecular complexity index is 1030. The molecule has 1 aromatic carbocycles. The average molecular weight is 436 g/mol. The van der Waals surface area contributed by atoms with E-state index in [-0.39, 0.29) is 17.8 Å². The van der Waals surface area contributed by atoms with Crippen LogP contribution in [-0.4, -0.2) is 55.1 Å². The fraction of sp³-hybridized carbons (Fsp3) is 0.440. The second-order valence-corrected chi connectivity index (χ2v) is 8.27. The highest BCUT2D eigenvalue weighted by molar-refractivity contribution is 6.01. The van der Waals surface area contributed by atoms with E-state index < -0.39 is 0 Å². The molecule has 0 atom stereocenters. The number of benzene rings is 1. The van der Waals surface area contributed by atoms with E-state index in [4.69, 9.17) is 14.2 Å². The van der Waals surface area contributed by atoms with Crippen molar-refractivity contribution in [2.75, 3.05) is 33.4 Å². The molecule has 0 saturated carbocycles. The summed E-state index contributed by atoms with van der Waals surface area (Å²) in [7, 11) is 1.64. The first-order valence-electron chi connectivity index (χ1n) is 11.0. The molecule has 4 rings (SSSR count). The van der Waals surface area contributed by atoms with Crippen LogP contribution in [0.25, 0.3) is 11.8 Å². The number of hydrogen-bond acceptors (Lipinski definition) is 5. The van der Waals surface area contributed by atoms with Crippen LogP contribution in [0.3, 0.4) is 0 Å². The second kappa shape index (κ2) is 9.60. The van der Waals surface area contributed by atoms with Gasteiger partial charge in [-0.05, 0) is 68.7 Å². The van der Waals surface area contributed by atoms with E-state index in [2.05, 4.69) is 10.6 Å². The molecule has 7 heteroatoms. The fourth-order valence-electron chi connectivity index (χ4n) is 4.55. The monoisotopic (exact) mass is 435 g/mol. The number of nitrogens with zero attached hydrogens (tertiary/aromatic N) is 3. The number of ether oxygens (including phenoxy) is 3. The number of piperidine rings is 1. The van der Waals surface area contributed by atoms with Gasteiger partial charge < -0.3 is 23.7 Å². The number of hydrogen-bond donors (Lipinski definition) is 0. The van der Waals surface area contributed by atoms with Crippen LogP contribution in [0.4, 0.5) is 0 Å². The summed E-state index contributed by atoms with van der Waals surface area (Å²) >= 11 is 0. The molecule has 0 spiro atoms. The summed E-state index contributed by atoms with van der Waals surface area (Å²) in [4.78, 5) is 14.8. The highest BCUT2D eigenvalue weighted by Crippen LogP contribution is 2.28. The number of carbonyl (C=O) groups excluding carboxylic acids is 1. The van der Waals surface area contributed by atoms with Crippen molar-refractivity contribution in [3.05, 3.63) is 52.9 Å². The van der Waals surface area contributed by atoms with E-state index in [1.165, 1.54) is 0 Å². The lowest BCUT2D eigenvalue weighted by molar-refractivity contribution is -0.132. The van der Waals surface area contributed by atoms with Crippen LogP contribution in [0.5, 0.6) is 5.75 Å². The van der Waals surface area contributed by atoms with Gasteiger partial charge in [0.2, 0.25) is 0 Å². The van der Waals surface area contributed by atoms with Crippen molar-refractivity contribution in [1.29, 1.82) is 5.26 Å². The van der Waals surface area contributed by atoms with Crippen molar-refractivity contribution in [1.82, 2.24) is 9.47 Å². The number of aromatic nitrogens is 1. The lowest BCUT2D eigenvalue weighted by atomic mass is 9.95. The topological polar surface area (TPSA) is 76.7 Å². The number of methoxy groups -OCH3 is 1. The van der Waals surface area contributed by atoms with Gasteiger partial charge >= 0.3 is 0 Å². The van der Waals surface area contributed by atoms with Gasteiger partial charge in [0.15, 0.2) is 6.29 Å². The normalized spacial score (nSPS) is 18.1. The zero-order valence-electron chi connectivity index (χ0n) is 18.8. The van der Waals surface area contributed by atoms with Crippen LogP contribution in [0, 0.1) is 31.1 Å². The molecule has 2 aliphatic rings. The van der Waals surface area contributed by atoms with E-state index in [1.807, 2.05) is 44.2 Å². The highest BCUT2D eigenvalue weighted by atomic mass is 16.7. The van der Waals surface area contributed by atoms with Gasteiger partial charge in [0.05, 0.1) is 20.3 Å². The molecular weight excluding hydrogens is 406 g/mol. The Hall–Kier alpha value is -3.08. The molecule has 2 saturated heterocycles. The van der Waals surface area contributed by atoms with Crippen LogP contribution in [0.1, 0.15) is 29.8 Å². The summed E-state index contributed by atoms with van der Waals surface area (Å²) in [6.45, 7) is 6.50. The maximum Gasteiger partial charge on any atom is 0.264 e. The Morgan fingerprint density at radius 1 is 1.16 bits per heavy atom. The van der Waals surface area contributed by atoms with Crippen LogP contribution in [0.2, 0.25) is 0 Å². The van der Waals surface area contributed by atoms with E-state index in [0.29, 0.717) is 32.2 Å². The van der Waals surface area contributed by atoms with Crippen molar-refractivity contribution in [3.63, 3.8) is 0 Å². The third-order valence-electron chi connectivity index (χ3n) is 6.31. The number of carbonyl (C=O) groups is 1. The molecule has 7 nitrogen and oxygen atoms in total. The number of likely N-dealkylation sites (tertiary alicyclic amines) is 1. The molecule has 2 aromatic rings. The van der Waals surface area contributed by atoms with E-state index in [1.54, 1.807) is 18.1 Å². The predicted molar refractivity (Wildman–Crippen MR) is 120 cm³/mol. The van der Waals surface area contributed by atoms with Crippen molar-refractivity contribution >= 4 is 12.0 Å². The maximum absolute atomic E-state index is 13.1. The van der Waals surface area contributed by atoms with Crippen LogP contribution in [0.15, 0.2) is 35.9 Å². The van der Waals surface area contributed by atoms with E-state index in [9.17, 15) is 10.1 Å². The standard InChI is InChI=1S/C25H29N3O4/c1-17-14-20(18(2)28(17)22-4-6-23(30-3)7-5-22)15-21(16-26)24(29)27-10-8-19(9-11-27)25-31-12-13-32-25/h4-7,14-15,19,25H,8-13H2,1-3H3/b21-15-. The number of aryl methyl sites for hydroxylation is 1. The summed E-state index contributed by atoms with van der Waals surface area (Å²) in [5, 5.41) is 9.73. The molecule has 1 aromatic heterocycles.